The van der Waals surface area contributed by atoms with Gasteiger partial charge in [0, 0.05) is 26.2 Å². The van der Waals surface area contributed by atoms with E-state index in [1.165, 1.54) is 0 Å². The van der Waals surface area contributed by atoms with Crippen LogP contribution < -0.4 is 9.62 Å². The molecule has 1 aromatic rings. The molecular formula is C13H22N4O2S. The van der Waals surface area contributed by atoms with E-state index in [9.17, 15) is 8.42 Å². The fourth-order valence-corrected chi connectivity index (χ4v) is 3.26. The largest absolute Gasteiger partial charge is 0.368 e. The van der Waals surface area contributed by atoms with E-state index >= 15 is 0 Å². The summed E-state index contributed by atoms with van der Waals surface area (Å²) in [6.45, 7) is 5.84. The van der Waals surface area contributed by atoms with Crippen molar-refractivity contribution in [2.45, 2.75) is 13.3 Å². The lowest BCUT2D eigenvalue weighted by atomic mass is 10.3. The van der Waals surface area contributed by atoms with Crippen LogP contribution in [0.3, 0.4) is 0 Å². The predicted molar refractivity (Wildman–Crippen MR) is 81.6 cm³/mol. The summed E-state index contributed by atoms with van der Waals surface area (Å²) in [5.41, 5.74) is 1.04. The van der Waals surface area contributed by atoms with Crippen LogP contribution >= 0.6 is 0 Å². The zero-order chi connectivity index (χ0) is 14.6. The van der Waals surface area contributed by atoms with Crippen molar-refractivity contribution in [1.29, 1.82) is 0 Å². The maximum Gasteiger partial charge on any atom is 0.233 e. The first-order valence-electron chi connectivity index (χ1n) is 6.90. The second-order valence-electron chi connectivity index (χ2n) is 5.11. The number of hydrogen-bond acceptors (Lipinski definition) is 5. The standard InChI is InChI=1S/C13H22N4O2S/c1-3-10-20(18,19)15-13-5-4-12(11-14-13)17-8-6-16(2)7-9-17/h4-5,11H,3,6-10H2,1-2H3,(H,14,15). The van der Waals surface area contributed by atoms with Crippen LogP contribution in [-0.2, 0) is 10.0 Å². The highest BCUT2D eigenvalue weighted by Crippen LogP contribution is 2.17. The van der Waals surface area contributed by atoms with Crippen molar-refractivity contribution >= 4 is 21.5 Å². The summed E-state index contributed by atoms with van der Waals surface area (Å²) in [5.74, 6) is 0.505. The maximum atomic E-state index is 11.7. The van der Waals surface area contributed by atoms with E-state index in [2.05, 4.69) is 26.6 Å². The smallest absolute Gasteiger partial charge is 0.233 e. The van der Waals surface area contributed by atoms with Crippen LogP contribution in [0.25, 0.3) is 0 Å². The van der Waals surface area contributed by atoms with E-state index in [-0.39, 0.29) is 5.75 Å². The van der Waals surface area contributed by atoms with Gasteiger partial charge < -0.3 is 9.80 Å². The van der Waals surface area contributed by atoms with Gasteiger partial charge in [0.05, 0.1) is 17.6 Å². The Balaban J connectivity index is 1.99. The highest BCUT2D eigenvalue weighted by molar-refractivity contribution is 7.92. The van der Waals surface area contributed by atoms with Crippen molar-refractivity contribution in [3.05, 3.63) is 18.3 Å². The van der Waals surface area contributed by atoms with Crippen LogP contribution in [0.2, 0.25) is 0 Å². The Labute approximate surface area is 120 Å². The Morgan fingerprint density at radius 1 is 1.25 bits per heavy atom. The third kappa shape index (κ3) is 4.08. The predicted octanol–water partition coefficient (Wildman–Crippen LogP) is 0.985. The van der Waals surface area contributed by atoms with Gasteiger partial charge in [-0.15, -0.1) is 0 Å². The Bertz CT molecular complexity index is 522. The van der Waals surface area contributed by atoms with E-state index in [1.54, 1.807) is 12.3 Å². The summed E-state index contributed by atoms with van der Waals surface area (Å²) >= 11 is 0. The average Bonchev–Trinajstić information content (AvgIpc) is 2.40. The molecule has 0 amide bonds. The number of anilines is 2. The summed E-state index contributed by atoms with van der Waals surface area (Å²) in [7, 11) is -1.15. The van der Waals surface area contributed by atoms with Crippen molar-refractivity contribution in [3.63, 3.8) is 0 Å². The SMILES string of the molecule is CCCS(=O)(=O)Nc1ccc(N2CCN(C)CC2)cn1. The van der Waals surface area contributed by atoms with E-state index in [0.29, 0.717) is 12.2 Å². The topological polar surface area (TPSA) is 65.5 Å². The number of nitrogens with zero attached hydrogens (tertiary/aromatic N) is 3. The van der Waals surface area contributed by atoms with Crippen LogP contribution in [0.5, 0.6) is 0 Å². The second kappa shape index (κ2) is 6.41. The molecule has 0 radical (unpaired) electrons. The van der Waals surface area contributed by atoms with Gasteiger partial charge in [-0.05, 0) is 25.6 Å². The summed E-state index contributed by atoms with van der Waals surface area (Å²) in [4.78, 5) is 8.74. The third-order valence-corrected chi connectivity index (χ3v) is 4.82. The third-order valence-electron chi connectivity index (χ3n) is 3.35. The summed E-state index contributed by atoms with van der Waals surface area (Å²) in [6.07, 6.45) is 2.32. The first-order valence-corrected chi connectivity index (χ1v) is 8.55. The first-order chi connectivity index (χ1) is 9.50. The number of sulfonamides is 1. The molecule has 112 valence electrons. The quantitative estimate of drug-likeness (QED) is 0.878. The maximum absolute atomic E-state index is 11.7. The van der Waals surface area contributed by atoms with Crippen molar-refractivity contribution in [3.8, 4) is 0 Å². The van der Waals surface area contributed by atoms with Gasteiger partial charge in [-0.2, -0.15) is 0 Å². The Morgan fingerprint density at radius 2 is 1.95 bits per heavy atom. The molecule has 0 bridgehead atoms. The van der Waals surface area contributed by atoms with Crippen LogP contribution in [-0.4, -0.2) is 57.3 Å². The molecule has 0 aliphatic carbocycles. The molecule has 1 aliphatic rings. The molecule has 2 rings (SSSR count). The van der Waals surface area contributed by atoms with Crippen LogP contribution in [0.15, 0.2) is 18.3 Å². The van der Waals surface area contributed by atoms with Crippen molar-refractivity contribution in [2.24, 2.45) is 0 Å². The second-order valence-corrected chi connectivity index (χ2v) is 6.95. The van der Waals surface area contributed by atoms with E-state index in [1.807, 2.05) is 13.0 Å². The number of aromatic nitrogens is 1. The zero-order valence-electron chi connectivity index (χ0n) is 12.0. The fourth-order valence-electron chi connectivity index (χ4n) is 2.18. The monoisotopic (exact) mass is 298 g/mol. The molecule has 20 heavy (non-hydrogen) atoms. The molecule has 7 heteroatoms. The van der Waals surface area contributed by atoms with Gasteiger partial charge in [0.15, 0.2) is 0 Å². The Morgan fingerprint density at radius 3 is 2.50 bits per heavy atom. The number of pyridine rings is 1. The van der Waals surface area contributed by atoms with Gasteiger partial charge in [0.1, 0.15) is 5.82 Å². The molecule has 1 N–H and O–H groups in total. The number of nitrogens with one attached hydrogen (secondary N) is 1. The molecule has 0 spiro atoms. The minimum absolute atomic E-state index is 0.120. The highest BCUT2D eigenvalue weighted by atomic mass is 32.2. The van der Waals surface area contributed by atoms with Gasteiger partial charge in [0.25, 0.3) is 0 Å². The molecule has 1 fully saturated rings. The Kier molecular flexibility index (Phi) is 4.82. The molecule has 2 heterocycles. The number of piperazine rings is 1. The molecule has 1 saturated heterocycles. The minimum atomic E-state index is -3.26. The molecule has 0 atom stereocenters. The average molecular weight is 298 g/mol. The molecule has 6 nitrogen and oxygen atoms in total. The van der Waals surface area contributed by atoms with E-state index < -0.39 is 10.0 Å². The first kappa shape index (κ1) is 15.1. The van der Waals surface area contributed by atoms with Crippen molar-refractivity contribution < 1.29 is 8.42 Å². The summed E-state index contributed by atoms with van der Waals surface area (Å²) < 4.78 is 25.8. The van der Waals surface area contributed by atoms with E-state index in [0.717, 1.165) is 31.9 Å². The van der Waals surface area contributed by atoms with Crippen LogP contribution in [0.4, 0.5) is 11.5 Å². The Hall–Kier alpha value is -1.34. The highest BCUT2D eigenvalue weighted by Gasteiger charge is 2.15. The lowest BCUT2D eigenvalue weighted by molar-refractivity contribution is 0.313. The summed E-state index contributed by atoms with van der Waals surface area (Å²) in [5, 5.41) is 0. The van der Waals surface area contributed by atoms with E-state index in [4.69, 9.17) is 0 Å². The lowest BCUT2D eigenvalue weighted by Crippen LogP contribution is -2.44. The van der Waals surface area contributed by atoms with Gasteiger partial charge in [-0.25, -0.2) is 13.4 Å². The van der Waals surface area contributed by atoms with Gasteiger partial charge in [0.2, 0.25) is 10.0 Å². The molecule has 0 aromatic carbocycles. The van der Waals surface area contributed by atoms with Crippen LogP contribution in [0.1, 0.15) is 13.3 Å². The van der Waals surface area contributed by atoms with Gasteiger partial charge >= 0.3 is 0 Å². The van der Waals surface area contributed by atoms with Gasteiger partial charge in [-0.3, -0.25) is 4.72 Å². The molecule has 1 aliphatic heterocycles. The van der Waals surface area contributed by atoms with Crippen LogP contribution in [0, 0.1) is 0 Å². The molecule has 1 aromatic heterocycles. The lowest BCUT2D eigenvalue weighted by Gasteiger charge is -2.33. The minimum Gasteiger partial charge on any atom is -0.368 e. The number of hydrogen-bond donors (Lipinski definition) is 1. The fraction of sp³-hybridized carbons (Fsp3) is 0.615. The zero-order valence-corrected chi connectivity index (χ0v) is 12.9. The molecular weight excluding hydrogens is 276 g/mol. The van der Waals surface area contributed by atoms with Crippen molar-refractivity contribution in [2.75, 3.05) is 48.6 Å². The van der Waals surface area contributed by atoms with Gasteiger partial charge in [-0.1, -0.05) is 6.92 Å². The number of rotatable bonds is 5. The van der Waals surface area contributed by atoms with Crippen molar-refractivity contribution in [1.82, 2.24) is 9.88 Å². The summed E-state index contributed by atoms with van der Waals surface area (Å²) in [6, 6.07) is 3.64. The number of likely N-dealkylation sites (N-methyl/N-ethyl adjacent to an activating group) is 1. The normalized spacial score (nSPS) is 17.2. The molecule has 0 saturated carbocycles. The molecule has 0 unspecified atom stereocenters.